The molecule has 0 spiro atoms. The van der Waals surface area contributed by atoms with E-state index in [0.717, 1.165) is 18.4 Å². The Morgan fingerprint density at radius 1 is 1.06 bits per heavy atom. The van der Waals surface area contributed by atoms with Crippen molar-refractivity contribution in [2.24, 2.45) is 0 Å². The first kappa shape index (κ1) is 20.6. The highest BCUT2D eigenvalue weighted by Crippen LogP contribution is 2.32. The molecule has 2 aromatic heterocycles. The molecule has 3 N–H and O–H groups in total. The molecule has 7 nitrogen and oxygen atoms in total. The maximum Gasteiger partial charge on any atom is 0.256 e. The lowest BCUT2D eigenvalue weighted by Gasteiger charge is -2.16. The van der Waals surface area contributed by atoms with Gasteiger partial charge in [0.15, 0.2) is 0 Å². The third-order valence-electron chi connectivity index (χ3n) is 5.64. The molecule has 5 rings (SSSR count). The summed E-state index contributed by atoms with van der Waals surface area (Å²) in [6.07, 6.45) is 3.19. The summed E-state index contributed by atoms with van der Waals surface area (Å²) < 4.78 is 42.3. The van der Waals surface area contributed by atoms with Gasteiger partial charge in [0, 0.05) is 28.7 Å². The summed E-state index contributed by atoms with van der Waals surface area (Å²) in [4.78, 5) is 20.0. The second kappa shape index (κ2) is 7.39. The van der Waals surface area contributed by atoms with Gasteiger partial charge in [0.05, 0.1) is 15.8 Å². The Morgan fingerprint density at radius 3 is 2.59 bits per heavy atom. The number of benzene rings is 2. The summed E-state index contributed by atoms with van der Waals surface area (Å²) >= 11 is 0. The highest BCUT2D eigenvalue weighted by atomic mass is 32.2. The van der Waals surface area contributed by atoms with Crippen LogP contribution in [0.1, 0.15) is 24.0 Å². The zero-order valence-electron chi connectivity index (χ0n) is 17.5. The molecule has 0 bridgehead atoms. The van der Waals surface area contributed by atoms with Crippen LogP contribution in [0.25, 0.3) is 21.7 Å². The fraction of sp³-hybridized carbons (Fsp3) is 0.217. The molecule has 1 aliphatic carbocycles. The third kappa shape index (κ3) is 3.63. The number of hydrogen-bond acceptors (Lipinski definition) is 5. The predicted octanol–water partition coefficient (Wildman–Crippen LogP) is 4.02. The molecule has 1 fully saturated rings. The molecular weight excluding hydrogens is 431 g/mol. The number of nitrogens with one attached hydrogen (secondary N) is 3. The molecule has 164 valence electrons. The van der Waals surface area contributed by atoms with Gasteiger partial charge in [-0.2, -0.15) is 0 Å². The molecule has 4 aromatic rings. The van der Waals surface area contributed by atoms with Gasteiger partial charge in [-0.25, -0.2) is 22.5 Å². The summed E-state index contributed by atoms with van der Waals surface area (Å²) in [5, 5.41) is 4.43. The predicted molar refractivity (Wildman–Crippen MR) is 122 cm³/mol. The van der Waals surface area contributed by atoms with Crippen LogP contribution < -0.4 is 15.6 Å². The average Bonchev–Trinajstić information content (AvgIpc) is 3.53. The first-order valence-corrected chi connectivity index (χ1v) is 11.7. The molecular formula is C23H21FN4O3S. The lowest BCUT2D eigenvalue weighted by Crippen LogP contribution is -2.26. The first-order valence-electron chi connectivity index (χ1n) is 10.2. The summed E-state index contributed by atoms with van der Waals surface area (Å²) in [5.74, 6) is -0.0763. The Bertz CT molecular complexity index is 1560. The van der Waals surface area contributed by atoms with Crippen molar-refractivity contribution in [2.45, 2.75) is 37.6 Å². The van der Waals surface area contributed by atoms with Crippen molar-refractivity contribution in [3.8, 4) is 0 Å². The molecule has 1 saturated carbocycles. The quantitative estimate of drug-likeness (QED) is 0.397. The summed E-state index contributed by atoms with van der Waals surface area (Å²) in [7, 11) is -3.65. The Kier molecular flexibility index (Phi) is 4.75. The number of nitrogens with zero attached hydrogens (tertiary/aromatic N) is 1. The van der Waals surface area contributed by atoms with E-state index in [0.29, 0.717) is 38.7 Å². The molecule has 32 heavy (non-hydrogen) atoms. The van der Waals surface area contributed by atoms with Gasteiger partial charge in [0.25, 0.3) is 5.56 Å². The maximum absolute atomic E-state index is 13.9. The van der Waals surface area contributed by atoms with Gasteiger partial charge in [-0.05, 0) is 68.1 Å². The van der Waals surface area contributed by atoms with Crippen LogP contribution >= 0.6 is 0 Å². The van der Waals surface area contributed by atoms with Crippen LogP contribution in [0.5, 0.6) is 0 Å². The van der Waals surface area contributed by atoms with Crippen LogP contribution in [0.15, 0.2) is 52.3 Å². The molecule has 0 aliphatic heterocycles. The van der Waals surface area contributed by atoms with E-state index in [9.17, 15) is 17.6 Å². The van der Waals surface area contributed by atoms with E-state index < -0.39 is 15.8 Å². The monoisotopic (exact) mass is 452 g/mol. The van der Waals surface area contributed by atoms with Crippen molar-refractivity contribution in [3.63, 3.8) is 0 Å². The Labute approximate surface area is 183 Å². The summed E-state index contributed by atoms with van der Waals surface area (Å²) in [6, 6.07) is 9.16. The molecule has 0 atom stereocenters. The van der Waals surface area contributed by atoms with Crippen LogP contribution in [0, 0.1) is 19.7 Å². The second-order valence-corrected chi connectivity index (χ2v) is 9.85. The van der Waals surface area contributed by atoms with Crippen molar-refractivity contribution < 1.29 is 12.8 Å². The molecule has 1 aliphatic rings. The normalized spacial score (nSPS) is 14.2. The molecule has 0 radical (unpaired) electrons. The minimum atomic E-state index is -3.65. The van der Waals surface area contributed by atoms with Gasteiger partial charge in [-0.15, -0.1) is 0 Å². The molecule has 9 heteroatoms. The fourth-order valence-corrected chi connectivity index (χ4v) is 5.45. The largest absolute Gasteiger partial charge is 0.339 e. The SMILES string of the molecule is Cc1cc(C)c(S(=O)(=O)NC2CC2)cc1Nc1nc2ccc(F)cc2c2c(=O)[nH]ccc12. The summed E-state index contributed by atoms with van der Waals surface area (Å²) in [6.45, 7) is 3.63. The summed E-state index contributed by atoms with van der Waals surface area (Å²) in [5.41, 5.74) is 2.12. The molecule has 2 aromatic carbocycles. The lowest BCUT2D eigenvalue weighted by molar-refractivity contribution is 0.580. The van der Waals surface area contributed by atoms with E-state index in [-0.39, 0.29) is 16.5 Å². The minimum Gasteiger partial charge on any atom is -0.339 e. The van der Waals surface area contributed by atoms with Gasteiger partial charge >= 0.3 is 0 Å². The van der Waals surface area contributed by atoms with E-state index in [1.807, 2.05) is 6.92 Å². The van der Waals surface area contributed by atoms with Crippen molar-refractivity contribution >= 4 is 43.2 Å². The first-order chi connectivity index (χ1) is 15.2. The van der Waals surface area contributed by atoms with Gasteiger partial charge in [0.1, 0.15) is 11.6 Å². The zero-order valence-corrected chi connectivity index (χ0v) is 18.3. The number of rotatable bonds is 5. The smallest absolute Gasteiger partial charge is 0.256 e. The highest BCUT2D eigenvalue weighted by Gasteiger charge is 2.29. The maximum atomic E-state index is 13.9. The van der Waals surface area contributed by atoms with E-state index in [4.69, 9.17) is 0 Å². The van der Waals surface area contributed by atoms with Gasteiger partial charge in [-0.3, -0.25) is 4.79 Å². The number of aromatic nitrogens is 2. The third-order valence-corrected chi connectivity index (χ3v) is 7.30. The van der Waals surface area contributed by atoms with Crippen LogP contribution in [0.3, 0.4) is 0 Å². The van der Waals surface area contributed by atoms with E-state index in [2.05, 4.69) is 20.0 Å². The van der Waals surface area contributed by atoms with Gasteiger partial charge in [0.2, 0.25) is 10.0 Å². The number of sulfonamides is 1. The van der Waals surface area contributed by atoms with E-state index >= 15 is 0 Å². The number of fused-ring (bicyclic) bond motifs is 3. The van der Waals surface area contributed by atoms with Crippen molar-refractivity contribution in [1.29, 1.82) is 0 Å². The molecule has 0 unspecified atom stereocenters. The van der Waals surface area contributed by atoms with Crippen LogP contribution in [0.4, 0.5) is 15.9 Å². The standard InChI is InChI=1S/C23H21FN4O3S/c1-12-9-13(2)20(32(30,31)28-15-4-5-15)11-19(12)27-22-16-7-8-25-23(29)21(16)17-10-14(24)3-6-18(17)26-22/h3,6-11,15,28H,4-5H2,1-2H3,(H,25,29)(H,26,27). The average molecular weight is 453 g/mol. The second-order valence-electron chi connectivity index (χ2n) is 8.17. The van der Waals surface area contributed by atoms with E-state index in [1.165, 1.54) is 24.4 Å². The molecule has 0 saturated heterocycles. The van der Waals surface area contributed by atoms with Crippen molar-refractivity contribution in [2.75, 3.05) is 5.32 Å². The molecule has 2 heterocycles. The Hall–Kier alpha value is -3.30. The highest BCUT2D eigenvalue weighted by molar-refractivity contribution is 7.89. The van der Waals surface area contributed by atoms with E-state index in [1.54, 1.807) is 25.1 Å². The zero-order chi connectivity index (χ0) is 22.6. The van der Waals surface area contributed by atoms with Crippen LogP contribution in [0.2, 0.25) is 0 Å². The molecule has 0 amide bonds. The number of hydrogen-bond donors (Lipinski definition) is 3. The lowest BCUT2D eigenvalue weighted by atomic mass is 10.1. The van der Waals surface area contributed by atoms with Gasteiger partial charge in [-0.1, -0.05) is 6.07 Å². The Balaban J connectivity index is 1.68. The number of pyridine rings is 2. The Morgan fingerprint density at radius 2 is 1.84 bits per heavy atom. The number of halogens is 1. The number of H-pyrrole nitrogens is 1. The van der Waals surface area contributed by atoms with Crippen LogP contribution in [-0.4, -0.2) is 24.4 Å². The fourth-order valence-electron chi connectivity index (χ4n) is 3.89. The number of aryl methyl sites for hydroxylation is 2. The van der Waals surface area contributed by atoms with Crippen molar-refractivity contribution in [1.82, 2.24) is 14.7 Å². The van der Waals surface area contributed by atoms with Gasteiger partial charge < -0.3 is 10.3 Å². The number of anilines is 2. The minimum absolute atomic E-state index is 0.00432. The topological polar surface area (TPSA) is 104 Å². The van der Waals surface area contributed by atoms with Crippen molar-refractivity contribution in [3.05, 3.63) is 69.9 Å². The number of aromatic amines is 1. The van der Waals surface area contributed by atoms with Crippen LogP contribution in [-0.2, 0) is 10.0 Å².